The van der Waals surface area contributed by atoms with Crippen LogP contribution in [-0.4, -0.2) is 30.7 Å². The number of hydrogen-bond donors (Lipinski definition) is 0. The first-order valence-electron chi connectivity index (χ1n) is 5.72. The van der Waals surface area contributed by atoms with Crippen molar-refractivity contribution in [3.8, 4) is 0 Å². The zero-order valence-electron chi connectivity index (χ0n) is 9.56. The third-order valence-corrected chi connectivity index (χ3v) is 3.00. The van der Waals surface area contributed by atoms with E-state index in [4.69, 9.17) is 4.74 Å². The van der Waals surface area contributed by atoms with E-state index in [9.17, 15) is 4.79 Å². The number of amides is 1. The molecule has 0 aliphatic carbocycles. The quantitative estimate of drug-likeness (QED) is 0.763. The van der Waals surface area contributed by atoms with Gasteiger partial charge in [0.2, 0.25) is 0 Å². The van der Waals surface area contributed by atoms with Crippen LogP contribution < -0.4 is 0 Å². The standard InChI is InChI=1S/C13H17NO2/c1-16-12-9-5-6-10-14(12)13(15)11-7-3-2-4-8-11/h2-4,7-8,12H,5-6,9-10H2,1H3/t12-/m1/s1. The zero-order chi connectivity index (χ0) is 11.4. The lowest BCUT2D eigenvalue weighted by Crippen LogP contribution is -2.44. The molecule has 0 N–H and O–H groups in total. The number of rotatable bonds is 2. The largest absolute Gasteiger partial charge is 0.362 e. The van der Waals surface area contributed by atoms with E-state index in [1.165, 1.54) is 0 Å². The van der Waals surface area contributed by atoms with E-state index < -0.39 is 0 Å². The second-order valence-corrected chi connectivity index (χ2v) is 4.05. The third-order valence-electron chi connectivity index (χ3n) is 3.00. The van der Waals surface area contributed by atoms with Crippen LogP contribution >= 0.6 is 0 Å². The van der Waals surface area contributed by atoms with Gasteiger partial charge in [-0.05, 0) is 31.4 Å². The first kappa shape index (κ1) is 11.1. The van der Waals surface area contributed by atoms with Gasteiger partial charge in [0.05, 0.1) is 0 Å². The van der Waals surface area contributed by atoms with E-state index in [1.54, 1.807) is 7.11 Å². The molecule has 3 heteroatoms. The summed E-state index contributed by atoms with van der Waals surface area (Å²) in [5.74, 6) is 0.0761. The van der Waals surface area contributed by atoms with Crippen molar-refractivity contribution >= 4 is 5.91 Å². The summed E-state index contributed by atoms with van der Waals surface area (Å²) in [6, 6.07) is 9.39. The van der Waals surface area contributed by atoms with Crippen molar-refractivity contribution in [3.05, 3.63) is 35.9 Å². The Kier molecular flexibility index (Phi) is 3.57. The van der Waals surface area contributed by atoms with Gasteiger partial charge in [-0.15, -0.1) is 0 Å². The Bertz CT molecular complexity index is 350. The van der Waals surface area contributed by atoms with E-state index >= 15 is 0 Å². The van der Waals surface area contributed by atoms with Gasteiger partial charge in [-0.1, -0.05) is 18.2 Å². The molecule has 1 atom stereocenters. The normalized spacial score (nSPS) is 20.8. The number of benzene rings is 1. The van der Waals surface area contributed by atoms with Crippen LogP contribution in [0.1, 0.15) is 29.6 Å². The van der Waals surface area contributed by atoms with E-state index in [0.29, 0.717) is 0 Å². The smallest absolute Gasteiger partial charge is 0.255 e. The molecular formula is C13H17NO2. The fourth-order valence-corrected chi connectivity index (χ4v) is 2.12. The molecule has 0 aromatic heterocycles. The van der Waals surface area contributed by atoms with Gasteiger partial charge in [0.25, 0.3) is 5.91 Å². The van der Waals surface area contributed by atoms with E-state index in [-0.39, 0.29) is 12.1 Å². The highest BCUT2D eigenvalue weighted by Gasteiger charge is 2.26. The van der Waals surface area contributed by atoms with Crippen LogP contribution in [0.15, 0.2) is 30.3 Å². The summed E-state index contributed by atoms with van der Waals surface area (Å²) < 4.78 is 5.35. The molecule has 3 nitrogen and oxygen atoms in total. The van der Waals surface area contributed by atoms with E-state index in [0.717, 1.165) is 31.4 Å². The average Bonchev–Trinajstić information content (AvgIpc) is 2.39. The highest BCUT2D eigenvalue weighted by Crippen LogP contribution is 2.19. The van der Waals surface area contributed by atoms with Gasteiger partial charge in [-0.2, -0.15) is 0 Å². The topological polar surface area (TPSA) is 29.5 Å². The molecule has 2 rings (SSSR count). The maximum atomic E-state index is 12.2. The number of likely N-dealkylation sites (tertiary alicyclic amines) is 1. The molecule has 1 aliphatic heterocycles. The number of hydrogen-bond acceptors (Lipinski definition) is 2. The number of ether oxygens (including phenoxy) is 1. The molecule has 86 valence electrons. The van der Waals surface area contributed by atoms with Gasteiger partial charge in [0, 0.05) is 19.2 Å². The molecular weight excluding hydrogens is 202 g/mol. The van der Waals surface area contributed by atoms with Crippen molar-refractivity contribution in [2.75, 3.05) is 13.7 Å². The van der Waals surface area contributed by atoms with Gasteiger partial charge < -0.3 is 9.64 Å². The Hall–Kier alpha value is -1.35. The Morgan fingerprint density at radius 2 is 2.06 bits per heavy atom. The maximum absolute atomic E-state index is 12.2. The van der Waals surface area contributed by atoms with Crippen molar-refractivity contribution in [1.29, 1.82) is 0 Å². The lowest BCUT2D eigenvalue weighted by Gasteiger charge is -2.34. The summed E-state index contributed by atoms with van der Waals surface area (Å²) in [5.41, 5.74) is 0.742. The second kappa shape index (κ2) is 5.12. The predicted molar refractivity (Wildman–Crippen MR) is 62.1 cm³/mol. The first-order chi connectivity index (χ1) is 7.83. The second-order valence-electron chi connectivity index (χ2n) is 4.05. The molecule has 0 unspecified atom stereocenters. The molecule has 1 aromatic rings. The minimum absolute atomic E-state index is 0.0542. The predicted octanol–water partition coefficient (Wildman–Crippen LogP) is 2.29. The van der Waals surface area contributed by atoms with Crippen molar-refractivity contribution in [2.24, 2.45) is 0 Å². The van der Waals surface area contributed by atoms with Crippen LogP contribution in [0, 0.1) is 0 Å². The van der Waals surface area contributed by atoms with Crippen molar-refractivity contribution in [3.63, 3.8) is 0 Å². The molecule has 1 saturated heterocycles. The molecule has 0 saturated carbocycles. The molecule has 16 heavy (non-hydrogen) atoms. The van der Waals surface area contributed by atoms with Crippen LogP contribution in [0.4, 0.5) is 0 Å². The van der Waals surface area contributed by atoms with Crippen LogP contribution in [-0.2, 0) is 4.74 Å². The maximum Gasteiger partial charge on any atom is 0.255 e. The SMILES string of the molecule is CO[C@@H]1CCCCN1C(=O)c1ccccc1. The minimum atomic E-state index is -0.0542. The van der Waals surface area contributed by atoms with E-state index in [1.807, 2.05) is 35.2 Å². The summed E-state index contributed by atoms with van der Waals surface area (Å²) in [4.78, 5) is 14.0. The molecule has 1 fully saturated rings. The van der Waals surface area contributed by atoms with Crippen molar-refractivity contribution in [2.45, 2.75) is 25.5 Å². The van der Waals surface area contributed by atoms with Crippen molar-refractivity contribution < 1.29 is 9.53 Å². The Morgan fingerprint density at radius 1 is 1.31 bits per heavy atom. The van der Waals surface area contributed by atoms with Crippen molar-refractivity contribution in [1.82, 2.24) is 4.90 Å². The molecule has 1 aromatic carbocycles. The Labute approximate surface area is 96.0 Å². The molecule has 1 amide bonds. The summed E-state index contributed by atoms with van der Waals surface area (Å²) in [7, 11) is 1.67. The summed E-state index contributed by atoms with van der Waals surface area (Å²) in [6.45, 7) is 0.798. The monoisotopic (exact) mass is 219 g/mol. The number of piperidine rings is 1. The third kappa shape index (κ3) is 2.25. The number of carbonyl (C=O) groups excluding carboxylic acids is 1. The fraction of sp³-hybridized carbons (Fsp3) is 0.462. The summed E-state index contributed by atoms with van der Waals surface area (Å²) in [5, 5.41) is 0. The highest BCUT2D eigenvalue weighted by molar-refractivity contribution is 5.94. The molecule has 1 heterocycles. The van der Waals surface area contributed by atoms with Crippen LogP contribution in [0.3, 0.4) is 0 Å². The fourth-order valence-electron chi connectivity index (χ4n) is 2.12. The van der Waals surface area contributed by atoms with Gasteiger partial charge in [0.1, 0.15) is 6.23 Å². The Balaban J connectivity index is 2.14. The molecule has 0 spiro atoms. The Morgan fingerprint density at radius 3 is 2.75 bits per heavy atom. The summed E-state index contributed by atoms with van der Waals surface area (Å²) in [6.07, 6.45) is 3.09. The zero-order valence-corrected chi connectivity index (χ0v) is 9.56. The van der Waals surface area contributed by atoms with Crippen LogP contribution in [0.2, 0.25) is 0 Å². The minimum Gasteiger partial charge on any atom is -0.362 e. The lowest BCUT2D eigenvalue weighted by atomic mass is 10.1. The number of nitrogens with zero attached hydrogens (tertiary/aromatic N) is 1. The van der Waals surface area contributed by atoms with Crippen LogP contribution in [0.5, 0.6) is 0 Å². The van der Waals surface area contributed by atoms with Gasteiger partial charge in [-0.3, -0.25) is 4.79 Å². The van der Waals surface area contributed by atoms with Gasteiger partial charge >= 0.3 is 0 Å². The number of methoxy groups -OCH3 is 1. The van der Waals surface area contributed by atoms with Crippen LogP contribution in [0.25, 0.3) is 0 Å². The summed E-state index contributed by atoms with van der Waals surface area (Å²) >= 11 is 0. The lowest BCUT2D eigenvalue weighted by molar-refractivity contribution is -0.0397. The van der Waals surface area contributed by atoms with Gasteiger partial charge in [0.15, 0.2) is 0 Å². The highest BCUT2D eigenvalue weighted by atomic mass is 16.5. The number of carbonyl (C=O) groups is 1. The first-order valence-corrected chi connectivity index (χ1v) is 5.72. The molecule has 0 bridgehead atoms. The molecule has 0 radical (unpaired) electrons. The molecule has 1 aliphatic rings. The van der Waals surface area contributed by atoms with E-state index in [2.05, 4.69) is 0 Å². The average molecular weight is 219 g/mol. The van der Waals surface area contributed by atoms with Gasteiger partial charge in [-0.25, -0.2) is 0 Å².